The molecule has 2 rings (SSSR count). The molecule has 1 heterocycles. The van der Waals surface area contributed by atoms with Gasteiger partial charge in [-0.25, -0.2) is 4.79 Å². The second-order valence-corrected chi connectivity index (χ2v) is 4.91. The quantitative estimate of drug-likeness (QED) is 0.638. The van der Waals surface area contributed by atoms with Gasteiger partial charge in [0, 0.05) is 5.92 Å². The summed E-state index contributed by atoms with van der Waals surface area (Å²) in [6, 6.07) is -0.432. The van der Waals surface area contributed by atoms with Crippen LogP contribution < -0.4 is 5.32 Å². The largest absolute Gasteiger partial charge is 0.324 e. The predicted molar refractivity (Wildman–Crippen MR) is 67.4 cm³/mol. The first-order chi connectivity index (χ1) is 8.74. The maximum atomic E-state index is 11.8. The van der Waals surface area contributed by atoms with Crippen LogP contribution in [0.15, 0.2) is 0 Å². The second-order valence-electron chi connectivity index (χ2n) is 3.90. The van der Waals surface area contributed by atoms with E-state index >= 15 is 0 Å². The zero-order chi connectivity index (χ0) is 13.0. The van der Waals surface area contributed by atoms with Gasteiger partial charge in [-0.05, 0) is 12.8 Å². The molecule has 0 atom stereocenters. The molecule has 0 spiro atoms. The van der Waals surface area contributed by atoms with Crippen LogP contribution in [0.1, 0.15) is 23.8 Å². The van der Waals surface area contributed by atoms with Crippen LogP contribution in [-0.4, -0.2) is 40.5 Å². The number of nitrogens with zero attached hydrogens (tertiary/aromatic N) is 3. The molecule has 1 aromatic heterocycles. The van der Waals surface area contributed by atoms with Gasteiger partial charge in [0.05, 0.1) is 13.1 Å². The maximum absolute atomic E-state index is 11.8. The fourth-order valence-corrected chi connectivity index (χ4v) is 2.27. The van der Waals surface area contributed by atoms with Gasteiger partial charge < -0.3 is 9.69 Å². The Morgan fingerprint density at radius 1 is 1.61 bits per heavy atom. The summed E-state index contributed by atoms with van der Waals surface area (Å²) in [5.41, 5.74) is 0. The standard InChI is InChI=1S/C11H12N4O2S/c1-2-5-15(6-7-16)11(17)12-10-14-13-9(18-10)8-3-4-8/h1,7-8H,3-6H2,(H,12,14,17). The molecular formula is C11H12N4O2S. The molecule has 1 aliphatic rings. The zero-order valence-electron chi connectivity index (χ0n) is 9.63. The molecule has 2 amide bonds. The van der Waals surface area contributed by atoms with Gasteiger partial charge in [0.2, 0.25) is 5.13 Å². The molecule has 6 nitrogen and oxygen atoms in total. The van der Waals surface area contributed by atoms with Crippen LogP contribution in [0.3, 0.4) is 0 Å². The fourth-order valence-electron chi connectivity index (χ4n) is 1.37. The molecule has 1 aliphatic carbocycles. The summed E-state index contributed by atoms with van der Waals surface area (Å²) in [5, 5.41) is 11.9. The average molecular weight is 264 g/mol. The van der Waals surface area contributed by atoms with Gasteiger partial charge in [-0.1, -0.05) is 17.3 Å². The lowest BCUT2D eigenvalue weighted by Crippen LogP contribution is -2.36. The Morgan fingerprint density at radius 3 is 3.00 bits per heavy atom. The molecule has 18 heavy (non-hydrogen) atoms. The Balaban J connectivity index is 1.95. The molecule has 1 N–H and O–H groups in total. The Labute approximate surface area is 108 Å². The van der Waals surface area contributed by atoms with E-state index in [1.54, 1.807) is 0 Å². The highest BCUT2D eigenvalue weighted by atomic mass is 32.1. The number of aldehydes is 1. The number of nitrogens with one attached hydrogen (secondary N) is 1. The van der Waals surface area contributed by atoms with Gasteiger partial charge in [0.25, 0.3) is 0 Å². The smallest absolute Gasteiger partial charge is 0.306 e. The van der Waals surface area contributed by atoms with Crippen LogP contribution in [0.25, 0.3) is 0 Å². The van der Waals surface area contributed by atoms with Crippen molar-refractivity contribution in [1.29, 1.82) is 0 Å². The van der Waals surface area contributed by atoms with E-state index in [1.165, 1.54) is 16.2 Å². The van der Waals surface area contributed by atoms with Gasteiger partial charge in [-0.3, -0.25) is 5.32 Å². The van der Waals surface area contributed by atoms with Gasteiger partial charge >= 0.3 is 6.03 Å². The third-order valence-corrected chi connectivity index (χ3v) is 3.45. The van der Waals surface area contributed by atoms with Crippen LogP contribution in [0, 0.1) is 12.3 Å². The van der Waals surface area contributed by atoms with E-state index in [4.69, 9.17) is 6.42 Å². The van der Waals surface area contributed by atoms with Crippen LogP contribution in [0.5, 0.6) is 0 Å². The summed E-state index contributed by atoms with van der Waals surface area (Å²) in [6.45, 7) is 0.0448. The van der Waals surface area contributed by atoms with Crippen LogP contribution in [-0.2, 0) is 4.79 Å². The third-order valence-electron chi connectivity index (χ3n) is 2.45. The topological polar surface area (TPSA) is 75.2 Å². The van der Waals surface area contributed by atoms with E-state index in [2.05, 4.69) is 21.4 Å². The molecule has 0 aliphatic heterocycles. The van der Waals surface area contributed by atoms with Crippen molar-refractivity contribution in [2.45, 2.75) is 18.8 Å². The highest BCUT2D eigenvalue weighted by molar-refractivity contribution is 7.15. The summed E-state index contributed by atoms with van der Waals surface area (Å²) < 4.78 is 0. The van der Waals surface area contributed by atoms with Crippen molar-refractivity contribution in [3.05, 3.63) is 5.01 Å². The van der Waals surface area contributed by atoms with Crippen molar-refractivity contribution < 1.29 is 9.59 Å². The number of aromatic nitrogens is 2. The van der Waals surface area contributed by atoms with E-state index in [9.17, 15) is 9.59 Å². The number of carbonyl (C=O) groups is 2. The number of rotatable bonds is 5. The summed E-state index contributed by atoms with van der Waals surface area (Å²) >= 11 is 1.36. The maximum Gasteiger partial charge on any atom is 0.324 e. The second kappa shape index (κ2) is 5.60. The molecule has 94 valence electrons. The van der Waals surface area contributed by atoms with Crippen LogP contribution in [0.4, 0.5) is 9.93 Å². The molecule has 0 unspecified atom stereocenters. The number of hydrogen-bond acceptors (Lipinski definition) is 5. The minimum Gasteiger partial charge on any atom is -0.306 e. The highest BCUT2D eigenvalue weighted by Crippen LogP contribution is 2.42. The molecule has 0 saturated heterocycles. The summed E-state index contributed by atoms with van der Waals surface area (Å²) in [6.07, 6.45) is 8.03. The highest BCUT2D eigenvalue weighted by Gasteiger charge is 2.28. The number of amides is 2. The average Bonchev–Trinajstić information content (AvgIpc) is 3.10. The molecule has 1 fully saturated rings. The Kier molecular flexibility index (Phi) is 3.89. The Bertz CT molecular complexity index is 489. The molecule has 0 bridgehead atoms. The van der Waals surface area contributed by atoms with Gasteiger partial charge in [0.1, 0.15) is 11.3 Å². The van der Waals surface area contributed by atoms with Crippen molar-refractivity contribution in [3.63, 3.8) is 0 Å². The van der Waals surface area contributed by atoms with Crippen molar-refractivity contribution >= 4 is 28.8 Å². The first-order valence-corrected chi connectivity index (χ1v) is 6.32. The molecule has 1 aromatic rings. The van der Waals surface area contributed by atoms with Gasteiger partial charge in [-0.2, -0.15) is 0 Å². The predicted octanol–water partition coefficient (Wildman–Crippen LogP) is 1.08. The van der Waals surface area contributed by atoms with E-state index in [-0.39, 0.29) is 13.1 Å². The molecule has 7 heteroatoms. The minimum absolute atomic E-state index is 0.0374. The number of terminal acetylenes is 1. The lowest BCUT2D eigenvalue weighted by atomic mass is 10.5. The normalized spacial score (nSPS) is 13.7. The fraction of sp³-hybridized carbons (Fsp3) is 0.455. The van der Waals surface area contributed by atoms with Crippen molar-refractivity contribution in [2.75, 3.05) is 18.4 Å². The summed E-state index contributed by atoms with van der Waals surface area (Å²) in [5.74, 6) is 2.83. The van der Waals surface area contributed by atoms with Gasteiger partial charge in [-0.15, -0.1) is 16.6 Å². The number of anilines is 1. The summed E-state index contributed by atoms with van der Waals surface area (Å²) in [7, 11) is 0. The van der Waals surface area contributed by atoms with E-state index in [0.717, 1.165) is 17.8 Å². The van der Waals surface area contributed by atoms with E-state index in [0.29, 0.717) is 17.3 Å². The lowest BCUT2D eigenvalue weighted by Gasteiger charge is -2.16. The molecule has 0 aromatic carbocycles. The minimum atomic E-state index is -0.432. The number of urea groups is 1. The lowest BCUT2D eigenvalue weighted by molar-refractivity contribution is -0.108. The van der Waals surface area contributed by atoms with Crippen LogP contribution in [0.2, 0.25) is 0 Å². The van der Waals surface area contributed by atoms with Crippen LogP contribution >= 0.6 is 11.3 Å². The van der Waals surface area contributed by atoms with E-state index < -0.39 is 6.03 Å². The van der Waals surface area contributed by atoms with Crippen molar-refractivity contribution in [2.24, 2.45) is 0 Å². The SMILES string of the molecule is C#CCN(CC=O)C(=O)Nc1nnc(C2CC2)s1. The number of hydrogen-bond donors (Lipinski definition) is 1. The molecule has 0 radical (unpaired) electrons. The number of carbonyl (C=O) groups excluding carboxylic acids is 2. The zero-order valence-corrected chi connectivity index (χ0v) is 10.4. The molecular weight excluding hydrogens is 252 g/mol. The Morgan fingerprint density at radius 2 is 2.39 bits per heavy atom. The summed E-state index contributed by atoms with van der Waals surface area (Å²) in [4.78, 5) is 23.4. The monoisotopic (exact) mass is 264 g/mol. The van der Waals surface area contributed by atoms with Gasteiger partial charge in [0.15, 0.2) is 0 Å². The van der Waals surface area contributed by atoms with E-state index in [1.807, 2.05) is 0 Å². The Hall–Kier alpha value is -1.94. The first-order valence-electron chi connectivity index (χ1n) is 5.51. The first kappa shape index (κ1) is 12.5. The van der Waals surface area contributed by atoms with Crippen molar-refractivity contribution in [3.8, 4) is 12.3 Å². The van der Waals surface area contributed by atoms with Crippen molar-refractivity contribution in [1.82, 2.24) is 15.1 Å². The third kappa shape index (κ3) is 3.05. The molecule has 1 saturated carbocycles.